The molecule has 2 atom stereocenters. The molecule has 0 radical (unpaired) electrons. The molecule has 0 N–H and O–H groups in total. The lowest BCUT2D eigenvalue weighted by atomic mass is 10.0. The number of hydrogen-bond donors (Lipinski definition) is 0. The predicted octanol–water partition coefficient (Wildman–Crippen LogP) is 2.54. The van der Waals surface area contributed by atoms with Crippen molar-refractivity contribution in [3.8, 4) is 5.75 Å². The maximum Gasteiger partial charge on any atom is 0.276 e. The zero-order valence-electron chi connectivity index (χ0n) is 17.2. The maximum atomic E-state index is 13.9. The number of hydrogen-bond acceptors (Lipinski definition) is 5. The van der Waals surface area contributed by atoms with E-state index in [-0.39, 0.29) is 53.9 Å². The van der Waals surface area contributed by atoms with Gasteiger partial charge in [-0.2, -0.15) is 0 Å². The molecule has 2 aliphatic rings. The number of carbonyl (C=O) groups is 2. The van der Waals surface area contributed by atoms with E-state index in [2.05, 4.69) is 0 Å². The van der Waals surface area contributed by atoms with Crippen molar-refractivity contribution >= 4 is 11.7 Å². The van der Waals surface area contributed by atoms with E-state index >= 15 is 0 Å². The van der Waals surface area contributed by atoms with Crippen LogP contribution in [0.3, 0.4) is 0 Å². The Morgan fingerprint density at radius 2 is 2.06 bits per heavy atom. The summed E-state index contributed by atoms with van der Waals surface area (Å²) in [5.41, 5.74) is -0.568. The fourth-order valence-corrected chi connectivity index (χ4v) is 4.14. The number of ketones is 1. The molecule has 1 amide bonds. The van der Waals surface area contributed by atoms with Gasteiger partial charge in [-0.3, -0.25) is 14.4 Å². The lowest BCUT2D eigenvalue weighted by Crippen LogP contribution is -2.57. The first kappa shape index (κ1) is 21.2. The van der Waals surface area contributed by atoms with Crippen molar-refractivity contribution in [2.45, 2.75) is 45.0 Å². The van der Waals surface area contributed by atoms with Crippen LogP contribution >= 0.6 is 0 Å². The standard InChI is InChI=1S/C22H22F2N2O5/c1-12-7-8-31-18-11-25-10-15(20(28)21(30-2)19(25)22(29)26(12)18)17(27)6-4-13-3-5-14(23)9-16(13)24/h3,5,9-10,12,18H,4,6-8,11H2,1-2H3/t12-,18+/m1/s1. The highest BCUT2D eigenvalue weighted by atomic mass is 19.1. The summed E-state index contributed by atoms with van der Waals surface area (Å²) in [6.07, 6.45) is 1.39. The highest BCUT2D eigenvalue weighted by Crippen LogP contribution is 2.29. The molecule has 0 saturated carbocycles. The zero-order chi connectivity index (χ0) is 22.3. The van der Waals surface area contributed by atoms with Crippen LogP contribution in [0.4, 0.5) is 8.78 Å². The Morgan fingerprint density at radius 3 is 2.77 bits per heavy atom. The Morgan fingerprint density at radius 1 is 1.29 bits per heavy atom. The van der Waals surface area contributed by atoms with Crippen molar-refractivity contribution in [2.24, 2.45) is 0 Å². The summed E-state index contributed by atoms with van der Waals surface area (Å²) in [7, 11) is 1.27. The zero-order valence-corrected chi connectivity index (χ0v) is 17.2. The molecular formula is C22H22F2N2O5. The molecular weight excluding hydrogens is 410 g/mol. The van der Waals surface area contributed by atoms with Crippen LogP contribution in [-0.2, 0) is 17.7 Å². The first-order chi connectivity index (χ1) is 14.8. The second-order valence-corrected chi connectivity index (χ2v) is 7.74. The molecule has 0 unspecified atom stereocenters. The molecule has 1 aromatic carbocycles. The molecule has 31 heavy (non-hydrogen) atoms. The van der Waals surface area contributed by atoms with Crippen LogP contribution in [0.15, 0.2) is 29.2 Å². The van der Waals surface area contributed by atoms with Gasteiger partial charge >= 0.3 is 0 Å². The van der Waals surface area contributed by atoms with Crippen molar-refractivity contribution < 1.29 is 27.8 Å². The third-order valence-corrected chi connectivity index (χ3v) is 5.80. The number of amides is 1. The molecule has 2 aromatic rings. The summed E-state index contributed by atoms with van der Waals surface area (Å²) in [5.74, 6) is -2.55. The van der Waals surface area contributed by atoms with E-state index in [1.54, 1.807) is 4.90 Å². The van der Waals surface area contributed by atoms with E-state index in [1.165, 1.54) is 23.9 Å². The number of pyridine rings is 1. The van der Waals surface area contributed by atoms with Crippen molar-refractivity contribution in [1.29, 1.82) is 0 Å². The lowest BCUT2D eigenvalue weighted by molar-refractivity contribution is -0.112. The van der Waals surface area contributed by atoms with E-state index < -0.39 is 29.1 Å². The molecule has 3 heterocycles. The Balaban J connectivity index is 1.66. The molecule has 2 aliphatic heterocycles. The van der Waals surface area contributed by atoms with Crippen LogP contribution in [-0.4, -0.2) is 47.1 Å². The van der Waals surface area contributed by atoms with Crippen molar-refractivity contribution in [3.63, 3.8) is 0 Å². The second kappa shape index (κ2) is 8.22. The Hall–Kier alpha value is -3.07. The smallest absolute Gasteiger partial charge is 0.276 e. The molecule has 164 valence electrons. The summed E-state index contributed by atoms with van der Waals surface area (Å²) >= 11 is 0. The molecule has 9 heteroatoms. The number of nitrogens with zero attached hydrogens (tertiary/aromatic N) is 2. The Bertz CT molecular complexity index is 1110. The van der Waals surface area contributed by atoms with Crippen LogP contribution in [0, 0.1) is 11.6 Å². The summed E-state index contributed by atoms with van der Waals surface area (Å²) in [6.45, 7) is 2.69. The van der Waals surface area contributed by atoms with Crippen LogP contribution in [0.25, 0.3) is 0 Å². The van der Waals surface area contributed by atoms with E-state index in [1.807, 2.05) is 6.92 Å². The van der Waals surface area contributed by atoms with Gasteiger partial charge in [-0.05, 0) is 31.4 Å². The third kappa shape index (κ3) is 3.74. The molecule has 1 aromatic heterocycles. The van der Waals surface area contributed by atoms with Gasteiger partial charge in [-0.1, -0.05) is 6.07 Å². The van der Waals surface area contributed by atoms with E-state index in [4.69, 9.17) is 9.47 Å². The highest BCUT2D eigenvalue weighted by molar-refractivity contribution is 6.00. The van der Waals surface area contributed by atoms with Crippen LogP contribution in [0.5, 0.6) is 5.75 Å². The van der Waals surface area contributed by atoms with Crippen molar-refractivity contribution in [1.82, 2.24) is 9.47 Å². The average Bonchev–Trinajstić information content (AvgIpc) is 2.73. The quantitative estimate of drug-likeness (QED) is 0.679. The Labute approximate surface area is 177 Å². The first-order valence-electron chi connectivity index (χ1n) is 10.0. The van der Waals surface area contributed by atoms with Gasteiger partial charge in [0.15, 0.2) is 23.5 Å². The minimum Gasteiger partial charge on any atom is -0.491 e. The Kier molecular flexibility index (Phi) is 5.62. The van der Waals surface area contributed by atoms with Gasteiger partial charge in [0.2, 0.25) is 5.43 Å². The first-order valence-corrected chi connectivity index (χ1v) is 10.0. The number of ether oxygens (including phenoxy) is 2. The SMILES string of the molecule is COc1c2n(cc(C(=O)CCc3ccc(F)cc3F)c1=O)C[C@@H]1OCC[C@@H](C)N1C2=O. The molecule has 4 rings (SSSR count). The van der Waals surface area contributed by atoms with E-state index in [9.17, 15) is 23.2 Å². The number of Topliss-reactive ketones (excluding diaryl/α,β-unsaturated/α-hetero) is 1. The summed E-state index contributed by atoms with van der Waals surface area (Å²) in [4.78, 5) is 40.4. The van der Waals surface area contributed by atoms with Crippen molar-refractivity contribution in [2.75, 3.05) is 13.7 Å². The average molecular weight is 432 g/mol. The number of rotatable bonds is 5. The molecule has 0 bridgehead atoms. The highest BCUT2D eigenvalue weighted by Gasteiger charge is 2.41. The van der Waals surface area contributed by atoms with Gasteiger partial charge < -0.3 is 18.9 Å². The lowest BCUT2D eigenvalue weighted by Gasteiger charge is -2.44. The number of methoxy groups -OCH3 is 1. The maximum absolute atomic E-state index is 13.9. The van der Waals surface area contributed by atoms with Gasteiger partial charge in [-0.25, -0.2) is 8.78 Å². The van der Waals surface area contributed by atoms with E-state index in [0.29, 0.717) is 13.0 Å². The third-order valence-electron chi connectivity index (χ3n) is 5.80. The largest absolute Gasteiger partial charge is 0.491 e. The normalized spacial score (nSPS) is 20.3. The number of halogens is 2. The molecule has 7 nitrogen and oxygen atoms in total. The van der Waals surface area contributed by atoms with Gasteiger partial charge in [0.1, 0.15) is 11.6 Å². The predicted molar refractivity (Wildman–Crippen MR) is 106 cm³/mol. The van der Waals surface area contributed by atoms with Crippen LogP contribution in [0.2, 0.25) is 0 Å². The number of carbonyl (C=O) groups excluding carboxylic acids is 2. The van der Waals surface area contributed by atoms with Gasteiger partial charge in [0.25, 0.3) is 5.91 Å². The van der Waals surface area contributed by atoms with Crippen LogP contribution in [0.1, 0.15) is 46.2 Å². The number of aromatic nitrogens is 1. The van der Waals surface area contributed by atoms with E-state index in [0.717, 1.165) is 12.1 Å². The molecule has 1 fully saturated rings. The summed E-state index contributed by atoms with van der Waals surface area (Å²) in [6, 6.07) is 3.08. The van der Waals surface area contributed by atoms with Gasteiger partial charge in [-0.15, -0.1) is 0 Å². The van der Waals surface area contributed by atoms with Crippen molar-refractivity contribution in [3.05, 3.63) is 63.1 Å². The number of benzene rings is 1. The van der Waals surface area contributed by atoms with Gasteiger partial charge in [0.05, 0.1) is 25.8 Å². The van der Waals surface area contributed by atoms with Crippen LogP contribution < -0.4 is 10.2 Å². The monoisotopic (exact) mass is 432 g/mol. The molecule has 1 saturated heterocycles. The minimum absolute atomic E-state index is 0.00438. The topological polar surface area (TPSA) is 77.8 Å². The fourth-order valence-electron chi connectivity index (χ4n) is 4.14. The number of aryl methyl sites for hydroxylation is 1. The summed E-state index contributed by atoms with van der Waals surface area (Å²) in [5, 5.41) is 0. The minimum atomic E-state index is -0.748. The fraction of sp³-hybridized carbons (Fsp3) is 0.409. The number of fused-ring (bicyclic) bond motifs is 2. The van der Waals surface area contributed by atoms with Gasteiger partial charge in [0, 0.05) is 24.7 Å². The molecule has 0 aliphatic carbocycles. The second-order valence-electron chi connectivity index (χ2n) is 7.74. The summed E-state index contributed by atoms with van der Waals surface area (Å²) < 4.78 is 39.4. The molecule has 0 spiro atoms.